The largest absolute Gasteiger partial charge is 0.356 e. The predicted octanol–water partition coefficient (Wildman–Crippen LogP) is 3.62. The first-order valence-electron chi connectivity index (χ1n) is 10.6. The molecule has 1 N–H and O–H groups in total. The normalized spacial score (nSPS) is 15.2. The number of amides is 1. The molecule has 6 heteroatoms. The van der Waals surface area contributed by atoms with Crippen molar-refractivity contribution < 1.29 is 9.32 Å². The van der Waals surface area contributed by atoms with E-state index in [1.54, 1.807) is 0 Å². The second-order valence-electron chi connectivity index (χ2n) is 7.96. The van der Waals surface area contributed by atoms with Crippen LogP contribution >= 0.6 is 0 Å². The second-order valence-corrected chi connectivity index (χ2v) is 7.96. The van der Waals surface area contributed by atoms with E-state index in [2.05, 4.69) is 38.6 Å². The molecule has 1 fully saturated rings. The Morgan fingerprint density at radius 1 is 1.13 bits per heavy atom. The number of hydrogen-bond acceptors (Lipinski definition) is 5. The summed E-state index contributed by atoms with van der Waals surface area (Å²) in [6.07, 6.45) is 2.58. The number of likely N-dealkylation sites (tertiary alicyclic amines) is 1. The lowest BCUT2D eigenvalue weighted by molar-refractivity contribution is -0.126. The van der Waals surface area contributed by atoms with Crippen LogP contribution in [0.3, 0.4) is 0 Å². The molecule has 1 aliphatic heterocycles. The summed E-state index contributed by atoms with van der Waals surface area (Å²) in [5, 5.41) is 7.21. The molecule has 0 aliphatic carbocycles. The SMILES string of the molecule is Cc1cccc(-c2noc(CN3CCC(C(=O)NCCc4ccccc4)CC3)n2)c1. The van der Waals surface area contributed by atoms with Gasteiger partial charge in [0.15, 0.2) is 0 Å². The lowest BCUT2D eigenvalue weighted by atomic mass is 9.96. The summed E-state index contributed by atoms with van der Waals surface area (Å²) in [4.78, 5) is 19.3. The van der Waals surface area contributed by atoms with Crippen LogP contribution in [0, 0.1) is 12.8 Å². The minimum Gasteiger partial charge on any atom is -0.356 e. The van der Waals surface area contributed by atoms with Crippen LogP contribution in [0.15, 0.2) is 59.1 Å². The molecule has 2 aromatic carbocycles. The van der Waals surface area contributed by atoms with E-state index in [1.807, 2.05) is 43.3 Å². The van der Waals surface area contributed by atoms with Crippen LogP contribution in [0.5, 0.6) is 0 Å². The fourth-order valence-electron chi connectivity index (χ4n) is 3.88. The molecule has 3 aromatic rings. The summed E-state index contributed by atoms with van der Waals surface area (Å²) in [5.74, 6) is 1.51. The zero-order chi connectivity index (χ0) is 20.8. The van der Waals surface area contributed by atoms with Crippen molar-refractivity contribution in [3.63, 3.8) is 0 Å². The van der Waals surface area contributed by atoms with Crippen molar-refractivity contribution in [1.82, 2.24) is 20.4 Å². The number of nitrogens with zero attached hydrogens (tertiary/aromatic N) is 3. The van der Waals surface area contributed by atoms with Crippen molar-refractivity contribution in [1.29, 1.82) is 0 Å². The number of carbonyl (C=O) groups is 1. The van der Waals surface area contributed by atoms with Crippen LogP contribution < -0.4 is 5.32 Å². The second kappa shape index (κ2) is 9.67. The first-order valence-corrected chi connectivity index (χ1v) is 10.6. The van der Waals surface area contributed by atoms with Gasteiger partial charge in [0.05, 0.1) is 6.54 Å². The summed E-state index contributed by atoms with van der Waals surface area (Å²) in [5.41, 5.74) is 3.39. The van der Waals surface area contributed by atoms with Crippen LogP contribution in [-0.4, -0.2) is 40.6 Å². The van der Waals surface area contributed by atoms with Gasteiger partial charge in [-0.3, -0.25) is 9.69 Å². The molecule has 1 amide bonds. The Kier molecular flexibility index (Phi) is 6.54. The molecule has 0 spiro atoms. The first-order chi connectivity index (χ1) is 14.7. The topological polar surface area (TPSA) is 71.3 Å². The van der Waals surface area contributed by atoms with Crippen molar-refractivity contribution >= 4 is 5.91 Å². The van der Waals surface area contributed by atoms with E-state index in [0.29, 0.717) is 24.8 Å². The van der Waals surface area contributed by atoms with E-state index in [0.717, 1.165) is 37.9 Å². The molecule has 2 heterocycles. The van der Waals surface area contributed by atoms with E-state index in [9.17, 15) is 4.79 Å². The molecule has 1 saturated heterocycles. The number of hydrogen-bond donors (Lipinski definition) is 1. The third-order valence-corrected chi connectivity index (χ3v) is 5.62. The highest BCUT2D eigenvalue weighted by molar-refractivity contribution is 5.78. The zero-order valence-electron chi connectivity index (χ0n) is 17.4. The maximum absolute atomic E-state index is 12.5. The van der Waals surface area contributed by atoms with Gasteiger partial charge < -0.3 is 9.84 Å². The van der Waals surface area contributed by atoms with Gasteiger partial charge in [-0.1, -0.05) is 59.3 Å². The number of rotatable bonds is 7. The Morgan fingerprint density at radius 2 is 1.93 bits per heavy atom. The van der Waals surface area contributed by atoms with Gasteiger partial charge in [0.1, 0.15) is 0 Å². The van der Waals surface area contributed by atoms with Gasteiger partial charge in [0.2, 0.25) is 17.6 Å². The quantitative estimate of drug-likeness (QED) is 0.651. The number of benzene rings is 2. The van der Waals surface area contributed by atoms with E-state index in [4.69, 9.17) is 4.52 Å². The average Bonchev–Trinajstić information content (AvgIpc) is 3.23. The van der Waals surface area contributed by atoms with Crippen molar-refractivity contribution in [3.8, 4) is 11.4 Å². The Bertz CT molecular complexity index is 962. The molecule has 0 radical (unpaired) electrons. The molecular formula is C24H28N4O2. The fourth-order valence-corrected chi connectivity index (χ4v) is 3.88. The summed E-state index contributed by atoms with van der Waals surface area (Å²) in [7, 11) is 0. The van der Waals surface area contributed by atoms with Gasteiger partial charge >= 0.3 is 0 Å². The lowest BCUT2D eigenvalue weighted by Gasteiger charge is -2.30. The summed E-state index contributed by atoms with van der Waals surface area (Å²) in [6, 6.07) is 18.3. The lowest BCUT2D eigenvalue weighted by Crippen LogP contribution is -2.40. The van der Waals surface area contributed by atoms with E-state index in [1.165, 1.54) is 11.1 Å². The Hall–Kier alpha value is -2.99. The molecule has 0 unspecified atom stereocenters. The van der Waals surface area contributed by atoms with Gasteiger partial charge in [-0.05, 0) is 50.9 Å². The third kappa shape index (κ3) is 5.33. The summed E-state index contributed by atoms with van der Waals surface area (Å²) < 4.78 is 5.45. The highest BCUT2D eigenvalue weighted by Crippen LogP contribution is 2.21. The van der Waals surface area contributed by atoms with E-state index >= 15 is 0 Å². The smallest absolute Gasteiger partial charge is 0.241 e. The van der Waals surface area contributed by atoms with Gasteiger partial charge in [-0.2, -0.15) is 4.98 Å². The Morgan fingerprint density at radius 3 is 2.70 bits per heavy atom. The third-order valence-electron chi connectivity index (χ3n) is 5.62. The Labute approximate surface area is 177 Å². The number of piperidine rings is 1. The monoisotopic (exact) mass is 404 g/mol. The van der Waals surface area contributed by atoms with Gasteiger partial charge in [-0.25, -0.2) is 0 Å². The number of nitrogens with one attached hydrogen (secondary N) is 1. The molecule has 4 rings (SSSR count). The first kappa shape index (κ1) is 20.3. The molecule has 1 aromatic heterocycles. The summed E-state index contributed by atoms with van der Waals surface area (Å²) in [6.45, 7) is 5.08. The molecule has 156 valence electrons. The van der Waals surface area contributed by atoms with Crippen LogP contribution in [0.1, 0.15) is 29.9 Å². The molecule has 6 nitrogen and oxygen atoms in total. The minimum absolute atomic E-state index is 0.0857. The number of aromatic nitrogens is 2. The fraction of sp³-hybridized carbons (Fsp3) is 0.375. The van der Waals surface area contributed by atoms with Gasteiger partial charge in [0.25, 0.3) is 0 Å². The number of aryl methyl sites for hydroxylation is 1. The standard InChI is InChI=1S/C24H28N4O2/c1-18-6-5-9-21(16-18)23-26-22(30-27-23)17-28-14-11-20(12-15-28)24(29)25-13-10-19-7-3-2-4-8-19/h2-9,16,20H,10-15,17H2,1H3,(H,25,29). The minimum atomic E-state index is 0.0857. The van der Waals surface area contributed by atoms with E-state index in [-0.39, 0.29) is 11.8 Å². The summed E-state index contributed by atoms with van der Waals surface area (Å²) >= 11 is 0. The van der Waals surface area contributed by atoms with Gasteiger partial charge in [-0.15, -0.1) is 0 Å². The number of carbonyl (C=O) groups excluding carboxylic acids is 1. The van der Waals surface area contributed by atoms with Crippen LogP contribution in [0.4, 0.5) is 0 Å². The van der Waals surface area contributed by atoms with Crippen LogP contribution in [0.2, 0.25) is 0 Å². The van der Waals surface area contributed by atoms with Crippen molar-refractivity contribution in [2.45, 2.75) is 32.7 Å². The molecule has 30 heavy (non-hydrogen) atoms. The van der Waals surface area contributed by atoms with Crippen molar-refractivity contribution in [2.75, 3.05) is 19.6 Å². The highest BCUT2D eigenvalue weighted by Gasteiger charge is 2.25. The molecule has 0 saturated carbocycles. The molecule has 0 bridgehead atoms. The average molecular weight is 405 g/mol. The molecule has 0 atom stereocenters. The zero-order valence-corrected chi connectivity index (χ0v) is 17.4. The van der Waals surface area contributed by atoms with Crippen molar-refractivity contribution in [2.24, 2.45) is 5.92 Å². The van der Waals surface area contributed by atoms with Crippen LogP contribution in [-0.2, 0) is 17.8 Å². The maximum atomic E-state index is 12.5. The molecular weight excluding hydrogens is 376 g/mol. The van der Waals surface area contributed by atoms with Crippen LogP contribution in [0.25, 0.3) is 11.4 Å². The Balaban J connectivity index is 1.21. The molecule has 1 aliphatic rings. The maximum Gasteiger partial charge on any atom is 0.241 e. The van der Waals surface area contributed by atoms with E-state index < -0.39 is 0 Å². The highest BCUT2D eigenvalue weighted by atomic mass is 16.5. The van der Waals surface area contributed by atoms with Gasteiger partial charge in [0, 0.05) is 18.0 Å². The van der Waals surface area contributed by atoms with Crippen molar-refractivity contribution in [3.05, 3.63) is 71.6 Å². The predicted molar refractivity (Wildman–Crippen MR) is 116 cm³/mol.